The molecule has 142 valence electrons. The maximum Gasteiger partial charge on any atom is 0.241 e. The fraction of sp³-hybridized carbons (Fsp3) is 0.588. The molecule has 1 aromatic carbocycles. The third kappa shape index (κ3) is 8.11. The second kappa shape index (κ2) is 10.0. The number of hydrogen-bond acceptors (Lipinski definition) is 4. The Morgan fingerprint density at radius 1 is 1.20 bits per heavy atom. The first-order valence-corrected chi connectivity index (χ1v) is 11.2. The molecule has 1 aromatic rings. The minimum atomic E-state index is -3.59. The van der Waals surface area contributed by atoms with Crippen LogP contribution in [0.15, 0.2) is 34.2 Å². The van der Waals surface area contributed by atoms with Crippen molar-refractivity contribution in [1.29, 1.82) is 0 Å². The highest BCUT2D eigenvalue weighted by molar-refractivity contribution is 7.98. The smallest absolute Gasteiger partial charge is 0.241 e. The van der Waals surface area contributed by atoms with Crippen LogP contribution in [-0.2, 0) is 16.6 Å². The van der Waals surface area contributed by atoms with E-state index in [9.17, 15) is 8.42 Å². The first-order valence-electron chi connectivity index (χ1n) is 8.32. The van der Waals surface area contributed by atoms with E-state index in [1.54, 1.807) is 30.0 Å². The van der Waals surface area contributed by atoms with Crippen molar-refractivity contribution in [1.82, 2.24) is 15.4 Å². The van der Waals surface area contributed by atoms with E-state index in [1.807, 2.05) is 33.8 Å². The van der Waals surface area contributed by atoms with Gasteiger partial charge in [-0.25, -0.2) is 18.1 Å². The van der Waals surface area contributed by atoms with Gasteiger partial charge in [-0.3, -0.25) is 0 Å². The van der Waals surface area contributed by atoms with Crippen molar-refractivity contribution in [3.05, 3.63) is 29.8 Å². The molecule has 0 bridgehead atoms. The van der Waals surface area contributed by atoms with Crippen LogP contribution >= 0.6 is 11.8 Å². The maximum absolute atomic E-state index is 12.7. The quantitative estimate of drug-likeness (QED) is 0.362. The molecule has 0 aliphatic rings. The maximum atomic E-state index is 12.7. The average Bonchev–Trinajstić information content (AvgIpc) is 2.51. The van der Waals surface area contributed by atoms with Gasteiger partial charge in [0.1, 0.15) is 0 Å². The highest BCUT2D eigenvalue weighted by Crippen LogP contribution is 2.18. The third-order valence-electron chi connectivity index (χ3n) is 3.05. The molecule has 0 aliphatic heterocycles. The van der Waals surface area contributed by atoms with Crippen LogP contribution in [0.25, 0.3) is 0 Å². The molecule has 0 unspecified atom stereocenters. The summed E-state index contributed by atoms with van der Waals surface area (Å²) in [5, 5.41) is 6.41. The van der Waals surface area contributed by atoms with Gasteiger partial charge in [0.2, 0.25) is 10.0 Å². The molecule has 0 saturated carbocycles. The third-order valence-corrected chi connectivity index (χ3v) is 5.52. The summed E-state index contributed by atoms with van der Waals surface area (Å²) in [7, 11) is -3.59. The van der Waals surface area contributed by atoms with Crippen LogP contribution in [0.4, 0.5) is 0 Å². The van der Waals surface area contributed by atoms with Crippen LogP contribution < -0.4 is 15.4 Å². The molecule has 25 heavy (non-hydrogen) atoms. The monoisotopic (exact) mass is 386 g/mol. The molecule has 0 aliphatic carbocycles. The van der Waals surface area contributed by atoms with Gasteiger partial charge >= 0.3 is 0 Å². The van der Waals surface area contributed by atoms with Crippen molar-refractivity contribution in [3.63, 3.8) is 0 Å². The van der Waals surface area contributed by atoms with Crippen molar-refractivity contribution in [2.24, 2.45) is 4.99 Å². The Hall–Kier alpha value is -1.25. The first-order chi connectivity index (χ1) is 11.7. The fourth-order valence-corrected chi connectivity index (χ4v) is 4.09. The summed E-state index contributed by atoms with van der Waals surface area (Å²) in [6, 6.07) is 6.97. The van der Waals surface area contributed by atoms with E-state index in [1.165, 1.54) is 0 Å². The van der Waals surface area contributed by atoms with Gasteiger partial charge < -0.3 is 10.6 Å². The van der Waals surface area contributed by atoms with Gasteiger partial charge in [-0.05, 0) is 45.6 Å². The normalized spacial score (nSPS) is 12.9. The van der Waals surface area contributed by atoms with Gasteiger partial charge in [0.05, 0.1) is 11.4 Å². The molecule has 3 N–H and O–H groups in total. The van der Waals surface area contributed by atoms with Crippen molar-refractivity contribution >= 4 is 27.7 Å². The predicted octanol–water partition coefficient (Wildman–Crippen LogP) is 2.18. The van der Waals surface area contributed by atoms with Crippen LogP contribution in [0.5, 0.6) is 0 Å². The number of hydrogen-bond donors (Lipinski definition) is 3. The average molecular weight is 387 g/mol. The van der Waals surface area contributed by atoms with Crippen molar-refractivity contribution < 1.29 is 8.42 Å². The van der Waals surface area contributed by atoms with E-state index >= 15 is 0 Å². The van der Waals surface area contributed by atoms with Gasteiger partial charge in [0.25, 0.3) is 0 Å². The molecular weight excluding hydrogens is 356 g/mol. The largest absolute Gasteiger partial charge is 0.357 e. The van der Waals surface area contributed by atoms with Crippen LogP contribution in [0.1, 0.15) is 33.3 Å². The molecular formula is C17H30N4O2S2. The van der Waals surface area contributed by atoms with E-state index in [2.05, 4.69) is 26.6 Å². The molecule has 0 amide bonds. The lowest BCUT2D eigenvalue weighted by Crippen LogP contribution is -2.41. The zero-order valence-corrected chi connectivity index (χ0v) is 17.4. The molecule has 0 aromatic heterocycles. The summed E-state index contributed by atoms with van der Waals surface area (Å²) in [6.07, 6.45) is 2.05. The number of aliphatic imine (C=N–C) groups is 1. The summed E-state index contributed by atoms with van der Waals surface area (Å²) < 4.78 is 28.0. The number of sulfonamides is 1. The Labute approximate surface area is 156 Å². The fourth-order valence-electron chi connectivity index (χ4n) is 2.13. The van der Waals surface area contributed by atoms with Crippen LogP contribution in [-0.4, -0.2) is 45.0 Å². The van der Waals surface area contributed by atoms with Gasteiger partial charge in [-0.2, -0.15) is 11.8 Å². The van der Waals surface area contributed by atoms with Crippen molar-refractivity contribution in [3.8, 4) is 0 Å². The molecule has 8 heteroatoms. The molecule has 1 rings (SSSR count). The van der Waals surface area contributed by atoms with E-state index in [0.29, 0.717) is 11.5 Å². The molecule has 0 radical (unpaired) electrons. The SMILES string of the molecule is CCNC(=NCc1ccccc1S(=O)(=O)NC(C)(C)C)NCCSC. The Balaban J connectivity index is 3.00. The van der Waals surface area contributed by atoms with Gasteiger partial charge in [-0.15, -0.1) is 0 Å². The topological polar surface area (TPSA) is 82.6 Å². The van der Waals surface area contributed by atoms with Crippen molar-refractivity contribution in [2.75, 3.05) is 25.1 Å². The Morgan fingerprint density at radius 3 is 2.48 bits per heavy atom. The van der Waals surface area contributed by atoms with E-state index in [-0.39, 0.29) is 11.4 Å². The number of benzene rings is 1. The number of nitrogens with one attached hydrogen (secondary N) is 3. The molecule has 6 nitrogen and oxygen atoms in total. The predicted molar refractivity (Wildman–Crippen MR) is 108 cm³/mol. The molecule has 0 heterocycles. The Morgan fingerprint density at radius 2 is 1.88 bits per heavy atom. The molecule has 0 spiro atoms. The number of rotatable bonds is 8. The standard InChI is InChI=1S/C17H30N4O2S2/c1-6-18-16(19-11-12-24-5)20-13-14-9-7-8-10-15(14)25(22,23)21-17(2,3)4/h7-10,21H,6,11-13H2,1-5H3,(H2,18,19,20). The molecule has 0 atom stereocenters. The zero-order chi connectivity index (χ0) is 18.9. The van der Waals surface area contributed by atoms with Crippen LogP contribution in [0, 0.1) is 0 Å². The Kier molecular flexibility index (Phi) is 8.75. The highest BCUT2D eigenvalue weighted by atomic mass is 32.2. The lowest BCUT2D eigenvalue weighted by molar-refractivity contribution is 0.491. The second-order valence-corrected chi connectivity index (χ2v) is 9.21. The van der Waals surface area contributed by atoms with Crippen LogP contribution in [0.3, 0.4) is 0 Å². The zero-order valence-electron chi connectivity index (χ0n) is 15.7. The first kappa shape index (κ1) is 21.8. The highest BCUT2D eigenvalue weighted by Gasteiger charge is 2.24. The summed E-state index contributed by atoms with van der Waals surface area (Å²) in [6.45, 7) is 9.31. The van der Waals surface area contributed by atoms with Crippen LogP contribution in [0.2, 0.25) is 0 Å². The number of guanidine groups is 1. The lowest BCUT2D eigenvalue weighted by Gasteiger charge is -2.21. The summed E-state index contributed by atoms with van der Waals surface area (Å²) in [5.74, 6) is 1.66. The summed E-state index contributed by atoms with van der Waals surface area (Å²) >= 11 is 1.75. The van der Waals surface area contributed by atoms with E-state index < -0.39 is 15.6 Å². The molecule has 0 saturated heterocycles. The van der Waals surface area contributed by atoms with E-state index in [0.717, 1.165) is 18.8 Å². The second-order valence-electron chi connectivity index (χ2n) is 6.58. The van der Waals surface area contributed by atoms with Gasteiger partial charge in [0, 0.05) is 24.4 Å². The van der Waals surface area contributed by atoms with Gasteiger partial charge in [-0.1, -0.05) is 18.2 Å². The van der Waals surface area contributed by atoms with E-state index in [4.69, 9.17) is 0 Å². The number of thioether (sulfide) groups is 1. The van der Waals surface area contributed by atoms with Gasteiger partial charge in [0.15, 0.2) is 5.96 Å². The number of nitrogens with zero attached hydrogens (tertiary/aromatic N) is 1. The van der Waals surface area contributed by atoms with Crippen molar-refractivity contribution in [2.45, 2.75) is 44.7 Å². The summed E-state index contributed by atoms with van der Waals surface area (Å²) in [4.78, 5) is 4.79. The summed E-state index contributed by atoms with van der Waals surface area (Å²) in [5.41, 5.74) is 0.130. The minimum absolute atomic E-state index is 0.272. The Bertz CT molecular complexity index is 667. The lowest BCUT2D eigenvalue weighted by atomic mass is 10.1. The molecule has 0 fully saturated rings. The minimum Gasteiger partial charge on any atom is -0.357 e.